The predicted molar refractivity (Wildman–Crippen MR) is 127 cm³/mol. The number of likely N-dealkylation sites (tertiary alicyclic amines) is 1. The molecule has 4 heteroatoms. The van der Waals surface area contributed by atoms with Crippen LogP contribution in [0.1, 0.15) is 29.5 Å². The molecule has 1 heterocycles. The maximum Gasteiger partial charge on any atom is 0.348 e. The number of rotatable bonds is 7. The minimum atomic E-state index is -1.84. The molecule has 0 aromatic heterocycles. The van der Waals surface area contributed by atoms with E-state index >= 15 is 0 Å². The number of carbonyl (C=O) groups excluding carboxylic acids is 1. The van der Waals surface area contributed by atoms with Crippen molar-refractivity contribution < 1.29 is 14.6 Å². The zero-order chi connectivity index (χ0) is 22.2. The Balaban J connectivity index is 1.44. The minimum absolute atomic E-state index is 0.250. The SMILES string of the molecule is O=C(OC1CCCN(CC=Cc2ccccc2)C1)C(O)(c1ccccc1)c1ccccc1. The Morgan fingerprint density at radius 3 is 2.09 bits per heavy atom. The van der Waals surface area contributed by atoms with Gasteiger partial charge in [0.05, 0.1) is 0 Å². The molecule has 0 spiro atoms. The van der Waals surface area contributed by atoms with Crippen molar-refractivity contribution in [3.8, 4) is 0 Å². The summed E-state index contributed by atoms with van der Waals surface area (Å²) in [5.41, 5.74) is 0.352. The van der Waals surface area contributed by atoms with Crippen molar-refractivity contribution in [2.24, 2.45) is 0 Å². The lowest BCUT2D eigenvalue weighted by molar-refractivity contribution is -0.170. The zero-order valence-electron chi connectivity index (χ0n) is 18.1. The van der Waals surface area contributed by atoms with Gasteiger partial charge in [-0.05, 0) is 36.1 Å². The van der Waals surface area contributed by atoms with Crippen molar-refractivity contribution in [3.05, 3.63) is 114 Å². The standard InChI is InChI=1S/C28H29NO3/c30-27(28(31,24-15-6-2-7-16-24)25-17-8-3-9-18-25)32-26-19-11-21-29(22-26)20-10-14-23-12-4-1-5-13-23/h1-10,12-18,26,31H,11,19-22H2. The van der Waals surface area contributed by atoms with E-state index < -0.39 is 11.6 Å². The molecule has 4 nitrogen and oxygen atoms in total. The largest absolute Gasteiger partial charge is 0.458 e. The number of hydrogen-bond acceptors (Lipinski definition) is 4. The van der Waals surface area contributed by atoms with E-state index in [4.69, 9.17) is 4.74 Å². The van der Waals surface area contributed by atoms with E-state index in [2.05, 4.69) is 29.2 Å². The molecule has 1 saturated heterocycles. The van der Waals surface area contributed by atoms with Gasteiger partial charge >= 0.3 is 5.97 Å². The lowest BCUT2D eigenvalue weighted by Gasteiger charge is -2.34. The van der Waals surface area contributed by atoms with Crippen molar-refractivity contribution in [2.75, 3.05) is 19.6 Å². The highest BCUT2D eigenvalue weighted by molar-refractivity contribution is 5.85. The highest BCUT2D eigenvalue weighted by Gasteiger charge is 2.43. The summed E-state index contributed by atoms with van der Waals surface area (Å²) in [7, 11) is 0. The first-order valence-electron chi connectivity index (χ1n) is 11.1. The van der Waals surface area contributed by atoms with Crippen molar-refractivity contribution in [1.82, 2.24) is 4.90 Å². The van der Waals surface area contributed by atoms with Crippen LogP contribution >= 0.6 is 0 Å². The van der Waals surface area contributed by atoms with E-state index in [0.717, 1.165) is 25.9 Å². The highest BCUT2D eigenvalue weighted by Crippen LogP contribution is 2.32. The van der Waals surface area contributed by atoms with Gasteiger partial charge in [-0.25, -0.2) is 4.79 Å². The van der Waals surface area contributed by atoms with E-state index in [-0.39, 0.29) is 6.10 Å². The fourth-order valence-corrected chi connectivity index (χ4v) is 4.17. The Morgan fingerprint density at radius 2 is 1.50 bits per heavy atom. The minimum Gasteiger partial charge on any atom is -0.458 e. The van der Waals surface area contributed by atoms with Crippen LogP contribution in [0.5, 0.6) is 0 Å². The van der Waals surface area contributed by atoms with Gasteiger partial charge in [-0.15, -0.1) is 0 Å². The summed E-state index contributed by atoms with van der Waals surface area (Å²) in [6, 6.07) is 28.2. The summed E-state index contributed by atoms with van der Waals surface area (Å²) < 4.78 is 5.91. The van der Waals surface area contributed by atoms with Gasteiger partial charge in [-0.1, -0.05) is 103 Å². The molecule has 164 valence electrons. The summed E-state index contributed by atoms with van der Waals surface area (Å²) in [6.07, 6.45) is 5.75. The van der Waals surface area contributed by atoms with E-state index in [0.29, 0.717) is 17.7 Å². The fourth-order valence-electron chi connectivity index (χ4n) is 4.17. The van der Waals surface area contributed by atoms with Crippen LogP contribution in [0.3, 0.4) is 0 Å². The quantitative estimate of drug-likeness (QED) is 0.558. The first kappa shape index (κ1) is 22.0. The summed E-state index contributed by atoms with van der Waals surface area (Å²) in [5.74, 6) is -0.624. The van der Waals surface area contributed by atoms with Crippen LogP contribution in [-0.4, -0.2) is 41.7 Å². The topological polar surface area (TPSA) is 49.8 Å². The van der Waals surface area contributed by atoms with E-state index in [1.807, 2.05) is 54.6 Å². The number of ether oxygens (including phenoxy) is 1. The molecule has 1 atom stereocenters. The molecule has 1 unspecified atom stereocenters. The second kappa shape index (κ2) is 10.4. The lowest BCUT2D eigenvalue weighted by Crippen LogP contribution is -2.45. The average Bonchev–Trinajstić information content (AvgIpc) is 2.85. The molecule has 1 aliphatic rings. The molecule has 3 aromatic rings. The molecule has 1 aliphatic heterocycles. The average molecular weight is 428 g/mol. The van der Waals surface area contributed by atoms with Gasteiger partial charge in [0.2, 0.25) is 5.60 Å². The normalized spacial score (nSPS) is 17.3. The van der Waals surface area contributed by atoms with E-state index in [1.54, 1.807) is 24.3 Å². The molecule has 3 aromatic carbocycles. The predicted octanol–water partition coefficient (Wildman–Crippen LogP) is 4.64. The molecule has 0 radical (unpaired) electrons. The van der Waals surface area contributed by atoms with Gasteiger partial charge in [0.15, 0.2) is 0 Å². The maximum absolute atomic E-state index is 13.3. The van der Waals surface area contributed by atoms with Crippen LogP contribution in [-0.2, 0) is 15.1 Å². The Morgan fingerprint density at radius 1 is 0.938 bits per heavy atom. The number of nitrogens with zero attached hydrogens (tertiary/aromatic N) is 1. The van der Waals surface area contributed by atoms with Crippen molar-refractivity contribution >= 4 is 12.0 Å². The Labute approximate surface area is 189 Å². The molecular weight excluding hydrogens is 398 g/mol. The number of esters is 1. The van der Waals surface area contributed by atoms with Gasteiger partial charge in [-0.3, -0.25) is 4.90 Å². The molecule has 4 rings (SSSR count). The van der Waals surface area contributed by atoms with E-state index in [9.17, 15) is 9.90 Å². The highest BCUT2D eigenvalue weighted by atomic mass is 16.6. The van der Waals surface area contributed by atoms with E-state index in [1.165, 1.54) is 5.56 Å². The molecule has 1 fully saturated rings. The Bertz CT molecular complexity index is 979. The molecule has 0 aliphatic carbocycles. The Hall–Kier alpha value is -3.21. The Kier molecular flexibility index (Phi) is 7.15. The molecule has 32 heavy (non-hydrogen) atoms. The first-order chi connectivity index (χ1) is 15.7. The number of carbonyl (C=O) groups is 1. The first-order valence-corrected chi connectivity index (χ1v) is 11.1. The summed E-state index contributed by atoms with van der Waals surface area (Å²) in [6.45, 7) is 2.42. The third-order valence-corrected chi connectivity index (χ3v) is 5.89. The second-order valence-electron chi connectivity index (χ2n) is 8.18. The summed E-state index contributed by atoms with van der Waals surface area (Å²) >= 11 is 0. The van der Waals surface area contributed by atoms with Gasteiger partial charge in [-0.2, -0.15) is 0 Å². The number of hydrogen-bond donors (Lipinski definition) is 1. The third kappa shape index (κ3) is 5.16. The van der Waals surface area contributed by atoms with Crippen molar-refractivity contribution in [3.63, 3.8) is 0 Å². The van der Waals surface area contributed by atoms with Crippen LogP contribution in [0.25, 0.3) is 6.08 Å². The molecule has 0 bridgehead atoms. The zero-order valence-corrected chi connectivity index (χ0v) is 18.1. The fraction of sp³-hybridized carbons (Fsp3) is 0.250. The van der Waals surface area contributed by atoms with Crippen LogP contribution < -0.4 is 0 Å². The van der Waals surface area contributed by atoms with Crippen molar-refractivity contribution in [2.45, 2.75) is 24.5 Å². The van der Waals surface area contributed by atoms with Crippen LogP contribution in [0, 0.1) is 0 Å². The lowest BCUT2D eigenvalue weighted by atomic mass is 9.86. The van der Waals surface area contributed by atoms with Crippen LogP contribution in [0.15, 0.2) is 97.1 Å². The number of aliphatic hydroxyl groups is 1. The molecular formula is C28H29NO3. The number of piperidine rings is 1. The van der Waals surface area contributed by atoms with Gasteiger partial charge in [0.1, 0.15) is 6.10 Å². The monoisotopic (exact) mass is 427 g/mol. The molecule has 1 N–H and O–H groups in total. The van der Waals surface area contributed by atoms with Gasteiger partial charge in [0.25, 0.3) is 0 Å². The summed E-state index contributed by atoms with van der Waals surface area (Å²) in [5, 5.41) is 11.6. The third-order valence-electron chi connectivity index (χ3n) is 5.89. The van der Waals surface area contributed by atoms with Crippen molar-refractivity contribution in [1.29, 1.82) is 0 Å². The molecule has 0 saturated carbocycles. The smallest absolute Gasteiger partial charge is 0.348 e. The van der Waals surface area contributed by atoms with Crippen LogP contribution in [0.4, 0.5) is 0 Å². The molecule has 0 amide bonds. The van der Waals surface area contributed by atoms with Gasteiger partial charge in [0, 0.05) is 13.1 Å². The second-order valence-corrected chi connectivity index (χ2v) is 8.18. The maximum atomic E-state index is 13.3. The van der Waals surface area contributed by atoms with Gasteiger partial charge < -0.3 is 9.84 Å². The number of benzene rings is 3. The van der Waals surface area contributed by atoms with Crippen LogP contribution in [0.2, 0.25) is 0 Å². The summed E-state index contributed by atoms with van der Waals surface area (Å²) in [4.78, 5) is 15.6.